The van der Waals surface area contributed by atoms with Gasteiger partial charge in [-0.3, -0.25) is 4.57 Å². The molecule has 0 aliphatic carbocycles. The monoisotopic (exact) mass is 283 g/mol. The van der Waals surface area contributed by atoms with Gasteiger partial charge in [0.05, 0.1) is 30.0 Å². The van der Waals surface area contributed by atoms with E-state index in [1.54, 1.807) is 6.07 Å². The summed E-state index contributed by atoms with van der Waals surface area (Å²) in [4.78, 5) is 30.4. The molecular weight excluding hydrogens is 270 g/mol. The third-order valence-corrected chi connectivity index (χ3v) is 3.33. The number of para-hydroxylation sites is 1. The fraction of sp³-hybridized carbons (Fsp3) is 0.133. The van der Waals surface area contributed by atoms with Crippen molar-refractivity contribution in [2.75, 3.05) is 7.11 Å². The Morgan fingerprint density at radius 2 is 2.10 bits per heavy atom. The number of nitrogens with zero attached hydrogens (tertiary/aromatic N) is 2. The molecule has 2 aromatic heterocycles. The van der Waals surface area contributed by atoms with Gasteiger partial charge in [-0.1, -0.05) is 12.1 Å². The van der Waals surface area contributed by atoms with Gasteiger partial charge >= 0.3 is 11.7 Å². The normalized spacial score (nSPS) is 10.8. The lowest BCUT2D eigenvalue weighted by Crippen LogP contribution is -2.15. The molecule has 106 valence electrons. The lowest BCUT2D eigenvalue weighted by molar-refractivity contribution is 0.0594. The Bertz CT molecular complexity index is 875. The Morgan fingerprint density at radius 1 is 1.29 bits per heavy atom. The second-order valence-electron chi connectivity index (χ2n) is 4.63. The second kappa shape index (κ2) is 4.90. The molecule has 2 heterocycles. The van der Waals surface area contributed by atoms with Crippen LogP contribution in [0, 0.1) is 6.92 Å². The maximum absolute atomic E-state index is 12.2. The van der Waals surface area contributed by atoms with Gasteiger partial charge in [0.2, 0.25) is 0 Å². The van der Waals surface area contributed by atoms with Crippen molar-refractivity contribution in [2.45, 2.75) is 6.92 Å². The number of aromatic amines is 1. The molecular formula is C15H13N3O3. The molecule has 0 aliphatic heterocycles. The van der Waals surface area contributed by atoms with Crippen LogP contribution in [0.5, 0.6) is 0 Å². The van der Waals surface area contributed by atoms with Crippen LogP contribution in [0.3, 0.4) is 0 Å². The van der Waals surface area contributed by atoms with Crippen molar-refractivity contribution in [1.82, 2.24) is 14.5 Å². The Kier molecular flexibility index (Phi) is 3.06. The highest BCUT2D eigenvalue weighted by atomic mass is 16.5. The van der Waals surface area contributed by atoms with E-state index in [1.807, 2.05) is 25.1 Å². The maximum atomic E-state index is 12.2. The molecule has 0 aliphatic rings. The predicted octanol–water partition coefficient (Wildman–Crippen LogP) is 1.81. The molecule has 0 unspecified atom stereocenters. The number of imidazole rings is 1. The highest BCUT2D eigenvalue weighted by Gasteiger charge is 2.12. The van der Waals surface area contributed by atoms with Crippen molar-refractivity contribution in [2.24, 2.45) is 0 Å². The summed E-state index contributed by atoms with van der Waals surface area (Å²) in [6.07, 6.45) is 1.48. The summed E-state index contributed by atoms with van der Waals surface area (Å²) in [6, 6.07) is 8.87. The van der Waals surface area contributed by atoms with Gasteiger partial charge in [0.15, 0.2) is 0 Å². The first-order valence-electron chi connectivity index (χ1n) is 6.37. The number of rotatable bonds is 2. The number of pyridine rings is 1. The second-order valence-corrected chi connectivity index (χ2v) is 4.63. The number of benzene rings is 1. The van der Waals surface area contributed by atoms with E-state index < -0.39 is 5.97 Å². The van der Waals surface area contributed by atoms with Crippen molar-refractivity contribution in [1.29, 1.82) is 0 Å². The smallest absolute Gasteiger partial charge is 0.356 e. The van der Waals surface area contributed by atoms with E-state index in [1.165, 1.54) is 23.9 Å². The van der Waals surface area contributed by atoms with Crippen LogP contribution < -0.4 is 5.69 Å². The average molecular weight is 283 g/mol. The SMILES string of the molecule is COC(=O)c1ccc(-n2c(=O)[nH]c3c(C)cccc32)cn1. The van der Waals surface area contributed by atoms with Crippen molar-refractivity contribution in [3.8, 4) is 5.69 Å². The summed E-state index contributed by atoms with van der Waals surface area (Å²) >= 11 is 0. The van der Waals surface area contributed by atoms with E-state index in [0.29, 0.717) is 5.69 Å². The van der Waals surface area contributed by atoms with E-state index in [2.05, 4.69) is 14.7 Å². The van der Waals surface area contributed by atoms with Gasteiger partial charge in [-0.15, -0.1) is 0 Å². The van der Waals surface area contributed by atoms with Gasteiger partial charge < -0.3 is 9.72 Å². The van der Waals surface area contributed by atoms with E-state index in [0.717, 1.165) is 16.6 Å². The molecule has 0 spiro atoms. The van der Waals surface area contributed by atoms with Gasteiger partial charge in [-0.25, -0.2) is 14.6 Å². The van der Waals surface area contributed by atoms with Gasteiger partial charge in [0.25, 0.3) is 0 Å². The molecule has 0 bridgehead atoms. The number of nitrogens with one attached hydrogen (secondary N) is 1. The zero-order valence-corrected chi connectivity index (χ0v) is 11.6. The van der Waals surface area contributed by atoms with Crippen LogP contribution >= 0.6 is 0 Å². The van der Waals surface area contributed by atoms with Crippen LogP contribution in [0.15, 0.2) is 41.3 Å². The lowest BCUT2D eigenvalue weighted by atomic mass is 10.2. The number of hydrogen-bond acceptors (Lipinski definition) is 4. The summed E-state index contributed by atoms with van der Waals surface area (Å²) in [7, 11) is 1.30. The van der Waals surface area contributed by atoms with Crippen LogP contribution in [0.2, 0.25) is 0 Å². The number of aryl methyl sites for hydroxylation is 1. The maximum Gasteiger partial charge on any atom is 0.356 e. The Morgan fingerprint density at radius 3 is 2.76 bits per heavy atom. The van der Waals surface area contributed by atoms with Gasteiger partial charge in [-0.2, -0.15) is 0 Å². The topological polar surface area (TPSA) is 77.0 Å². The van der Waals surface area contributed by atoms with E-state index in [-0.39, 0.29) is 11.4 Å². The average Bonchev–Trinajstić information content (AvgIpc) is 2.84. The standard InChI is InChI=1S/C15H13N3O3/c1-9-4-3-5-12-13(9)17-15(20)18(12)10-6-7-11(16-8-10)14(19)21-2/h3-8H,1-2H3,(H,17,20). The van der Waals surface area contributed by atoms with Crippen LogP contribution in [0.1, 0.15) is 16.1 Å². The molecule has 0 atom stereocenters. The quantitative estimate of drug-likeness (QED) is 0.728. The number of hydrogen-bond donors (Lipinski definition) is 1. The summed E-state index contributed by atoms with van der Waals surface area (Å²) in [5, 5.41) is 0. The molecule has 3 rings (SSSR count). The van der Waals surface area contributed by atoms with Crippen LogP contribution in [0.25, 0.3) is 16.7 Å². The Hall–Kier alpha value is -2.89. The molecule has 1 N–H and O–H groups in total. The van der Waals surface area contributed by atoms with Crippen LogP contribution in [-0.2, 0) is 4.74 Å². The molecule has 21 heavy (non-hydrogen) atoms. The fourth-order valence-electron chi connectivity index (χ4n) is 2.27. The highest BCUT2D eigenvalue weighted by molar-refractivity contribution is 5.87. The van der Waals surface area contributed by atoms with E-state index >= 15 is 0 Å². The highest BCUT2D eigenvalue weighted by Crippen LogP contribution is 2.18. The number of fused-ring (bicyclic) bond motifs is 1. The summed E-state index contributed by atoms with van der Waals surface area (Å²) in [5.41, 5.74) is 3.09. The first-order chi connectivity index (χ1) is 10.1. The van der Waals surface area contributed by atoms with E-state index in [9.17, 15) is 9.59 Å². The fourth-order valence-corrected chi connectivity index (χ4v) is 2.27. The van der Waals surface area contributed by atoms with Crippen molar-refractivity contribution in [3.63, 3.8) is 0 Å². The molecule has 0 saturated heterocycles. The van der Waals surface area contributed by atoms with Crippen LogP contribution in [0.4, 0.5) is 0 Å². The summed E-state index contributed by atoms with van der Waals surface area (Å²) in [6.45, 7) is 1.93. The first kappa shape index (κ1) is 13.1. The number of esters is 1. The zero-order chi connectivity index (χ0) is 15.0. The minimum absolute atomic E-state index is 0.199. The first-order valence-corrected chi connectivity index (χ1v) is 6.37. The number of H-pyrrole nitrogens is 1. The molecule has 6 nitrogen and oxygen atoms in total. The van der Waals surface area contributed by atoms with E-state index in [4.69, 9.17) is 0 Å². The molecule has 0 amide bonds. The Balaban J connectivity index is 2.17. The van der Waals surface area contributed by atoms with Crippen molar-refractivity contribution < 1.29 is 9.53 Å². The van der Waals surface area contributed by atoms with Gasteiger partial charge in [0.1, 0.15) is 5.69 Å². The zero-order valence-electron chi connectivity index (χ0n) is 11.6. The minimum atomic E-state index is -0.510. The molecule has 0 radical (unpaired) electrons. The third-order valence-electron chi connectivity index (χ3n) is 3.33. The van der Waals surface area contributed by atoms with Crippen LogP contribution in [-0.4, -0.2) is 27.6 Å². The van der Waals surface area contributed by atoms with Gasteiger partial charge in [0, 0.05) is 0 Å². The van der Waals surface area contributed by atoms with Gasteiger partial charge in [-0.05, 0) is 30.7 Å². The lowest BCUT2D eigenvalue weighted by Gasteiger charge is -2.04. The number of aromatic nitrogens is 3. The molecule has 1 aromatic carbocycles. The number of carbonyl (C=O) groups excluding carboxylic acids is 1. The van der Waals surface area contributed by atoms with Crippen molar-refractivity contribution >= 4 is 17.0 Å². The number of ether oxygens (including phenoxy) is 1. The molecule has 0 fully saturated rings. The minimum Gasteiger partial charge on any atom is -0.464 e. The summed E-state index contributed by atoms with van der Waals surface area (Å²) in [5.74, 6) is -0.510. The Labute approximate surface area is 120 Å². The number of carbonyl (C=O) groups is 1. The largest absolute Gasteiger partial charge is 0.464 e. The molecule has 6 heteroatoms. The third kappa shape index (κ3) is 2.10. The number of methoxy groups -OCH3 is 1. The predicted molar refractivity (Wildman–Crippen MR) is 77.8 cm³/mol. The molecule has 3 aromatic rings. The summed E-state index contributed by atoms with van der Waals surface area (Å²) < 4.78 is 6.12. The molecule has 0 saturated carbocycles. The van der Waals surface area contributed by atoms with Crippen molar-refractivity contribution in [3.05, 3.63) is 58.3 Å².